The first-order chi connectivity index (χ1) is 12.7. The molecule has 0 aliphatic heterocycles. The minimum absolute atomic E-state index is 0. The van der Waals surface area contributed by atoms with Crippen molar-refractivity contribution in [1.82, 2.24) is 0 Å². The summed E-state index contributed by atoms with van der Waals surface area (Å²) in [5.74, 6) is 1.76. The van der Waals surface area contributed by atoms with Gasteiger partial charge in [0.1, 0.15) is 0 Å². The van der Waals surface area contributed by atoms with Crippen molar-refractivity contribution in [3.05, 3.63) is 66.2 Å². The molecule has 1 aliphatic carbocycles. The fourth-order valence-electron chi connectivity index (χ4n) is 4.36. The molecule has 0 unspecified atom stereocenters. The quantitative estimate of drug-likeness (QED) is 0.431. The Morgan fingerprint density at radius 3 is 1.93 bits per heavy atom. The van der Waals surface area contributed by atoms with Crippen LogP contribution in [0.3, 0.4) is 0 Å². The second-order valence-electron chi connectivity index (χ2n) is 8.19. The molecule has 1 fully saturated rings. The lowest BCUT2D eigenvalue weighted by atomic mass is 9.77. The molecule has 0 spiro atoms. The smallest absolute Gasteiger partial charge is 0.0162 e. The van der Waals surface area contributed by atoms with Crippen LogP contribution in [0.25, 0.3) is 16.7 Å². The Labute approximate surface area is 167 Å². The number of rotatable bonds is 7. The molecule has 0 atom stereocenters. The van der Waals surface area contributed by atoms with Crippen molar-refractivity contribution in [3.63, 3.8) is 0 Å². The van der Waals surface area contributed by atoms with E-state index in [9.17, 15) is 0 Å². The Balaban J connectivity index is 0.00000261. The third-order valence-corrected chi connectivity index (χ3v) is 6.16. The van der Waals surface area contributed by atoms with Crippen molar-refractivity contribution in [2.24, 2.45) is 5.92 Å². The summed E-state index contributed by atoms with van der Waals surface area (Å²) in [5, 5.41) is 0. The van der Waals surface area contributed by atoms with Gasteiger partial charge in [-0.3, -0.25) is 0 Å². The first-order valence-corrected chi connectivity index (χ1v) is 10.5. The zero-order valence-corrected chi connectivity index (χ0v) is 16.6. The van der Waals surface area contributed by atoms with Gasteiger partial charge in [0.05, 0.1) is 0 Å². The first-order valence-electron chi connectivity index (χ1n) is 10.5. The molecule has 0 amide bonds. The van der Waals surface area contributed by atoms with Crippen LogP contribution < -0.4 is 0 Å². The van der Waals surface area contributed by atoms with Crippen molar-refractivity contribution in [3.8, 4) is 11.1 Å². The van der Waals surface area contributed by atoms with Gasteiger partial charge in [0.25, 0.3) is 0 Å². The van der Waals surface area contributed by atoms with Crippen LogP contribution >= 0.6 is 0 Å². The Hall–Kier alpha value is -1.82. The lowest BCUT2D eigenvalue weighted by Gasteiger charge is -2.29. The standard InChI is InChI=1S/C26H34.CH4/c1-4-5-6-7-21-8-10-23(11-9-21)25-16-18-26(19-17-25)24-14-12-22(13-15-24)20(2)3;/h12-19,21,23H,2,4-11H2,1,3H3;1H4. The summed E-state index contributed by atoms with van der Waals surface area (Å²) in [7, 11) is 0. The van der Waals surface area contributed by atoms with Gasteiger partial charge in [-0.05, 0) is 66.7 Å². The molecule has 1 saturated carbocycles. The number of allylic oxidation sites excluding steroid dienone is 1. The van der Waals surface area contributed by atoms with Crippen LogP contribution in [0.4, 0.5) is 0 Å². The van der Waals surface area contributed by atoms with Gasteiger partial charge in [0.15, 0.2) is 0 Å². The lowest BCUT2D eigenvalue weighted by molar-refractivity contribution is 0.303. The molecule has 2 aromatic carbocycles. The second-order valence-corrected chi connectivity index (χ2v) is 8.19. The van der Waals surface area contributed by atoms with E-state index in [1.165, 1.54) is 68.1 Å². The van der Waals surface area contributed by atoms with Crippen LogP contribution in [0.5, 0.6) is 0 Å². The van der Waals surface area contributed by atoms with Crippen molar-refractivity contribution in [1.29, 1.82) is 0 Å². The van der Waals surface area contributed by atoms with Crippen LogP contribution in [0.15, 0.2) is 55.1 Å². The van der Waals surface area contributed by atoms with E-state index in [2.05, 4.69) is 69.0 Å². The molecule has 27 heavy (non-hydrogen) atoms. The maximum absolute atomic E-state index is 4.02. The highest BCUT2D eigenvalue weighted by molar-refractivity contribution is 5.68. The molecule has 0 nitrogen and oxygen atoms in total. The van der Waals surface area contributed by atoms with Crippen molar-refractivity contribution in [2.45, 2.75) is 78.6 Å². The van der Waals surface area contributed by atoms with Gasteiger partial charge >= 0.3 is 0 Å². The fraction of sp³-hybridized carbons (Fsp3) is 0.481. The maximum Gasteiger partial charge on any atom is -0.0162 e. The molecule has 3 rings (SSSR count). The highest BCUT2D eigenvalue weighted by atomic mass is 14.3. The van der Waals surface area contributed by atoms with E-state index in [4.69, 9.17) is 0 Å². The van der Waals surface area contributed by atoms with E-state index >= 15 is 0 Å². The molecule has 1 aliphatic rings. The largest absolute Gasteiger partial charge is 0.0955 e. The molecular weight excluding hydrogens is 324 g/mol. The minimum Gasteiger partial charge on any atom is -0.0955 e. The molecule has 0 heteroatoms. The SMILES string of the molecule is C.C=C(C)c1ccc(-c2ccc(C3CCC(CCCCC)CC3)cc2)cc1. The van der Waals surface area contributed by atoms with Gasteiger partial charge in [-0.15, -0.1) is 0 Å². The molecule has 0 bridgehead atoms. The monoisotopic (exact) mass is 362 g/mol. The Kier molecular flexibility index (Phi) is 8.35. The lowest BCUT2D eigenvalue weighted by Crippen LogP contribution is -2.13. The van der Waals surface area contributed by atoms with Crippen LogP contribution in [0.1, 0.15) is 89.7 Å². The number of benzene rings is 2. The van der Waals surface area contributed by atoms with Gasteiger partial charge in [0.2, 0.25) is 0 Å². The van der Waals surface area contributed by atoms with Gasteiger partial charge in [0, 0.05) is 0 Å². The predicted octanol–water partition coefficient (Wildman–Crippen LogP) is 8.88. The topological polar surface area (TPSA) is 0 Å². The molecular formula is C27H38. The molecule has 0 N–H and O–H groups in total. The van der Waals surface area contributed by atoms with E-state index in [0.717, 1.165) is 17.4 Å². The third-order valence-electron chi connectivity index (χ3n) is 6.16. The average Bonchev–Trinajstić information content (AvgIpc) is 2.69. The van der Waals surface area contributed by atoms with E-state index in [-0.39, 0.29) is 7.43 Å². The summed E-state index contributed by atoms with van der Waals surface area (Å²) in [6.07, 6.45) is 11.3. The number of unbranched alkanes of at least 4 members (excludes halogenated alkanes) is 2. The average molecular weight is 363 g/mol. The van der Waals surface area contributed by atoms with Crippen molar-refractivity contribution < 1.29 is 0 Å². The minimum atomic E-state index is 0. The highest BCUT2D eigenvalue weighted by Gasteiger charge is 2.21. The zero-order valence-electron chi connectivity index (χ0n) is 16.6. The van der Waals surface area contributed by atoms with Gasteiger partial charge in [-0.1, -0.05) is 101 Å². The van der Waals surface area contributed by atoms with E-state index in [0.29, 0.717) is 0 Å². The second kappa shape index (κ2) is 10.5. The summed E-state index contributed by atoms with van der Waals surface area (Å²) in [5.41, 5.74) is 6.49. The normalized spacial score (nSPS) is 19.3. The molecule has 0 saturated heterocycles. The maximum atomic E-state index is 4.02. The van der Waals surface area contributed by atoms with Crippen LogP contribution in [0, 0.1) is 5.92 Å². The Morgan fingerprint density at radius 2 is 1.41 bits per heavy atom. The van der Waals surface area contributed by atoms with Crippen LogP contribution in [-0.4, -0.2) is 0 Å². The molecule has 2 aromatic rings. The molecule has 0 heterocycles. The summed E-state index contributed by atoms with van der Waals surface area (Å²) < 4.78 is 0. The van der Waals surface area contributed by atoms with Crippen LogP contribution in [-0.2, 0) is 0 Å². The first kappa shape index (κ1) is 21.5. The van der Waals surface area contributed by atoms with Gasteiger partial charge < -0.3 is 0 Å². The van der Waals surface area contributed by atoms with Crippen molar-refractivity contribution in [2.75, 3.05) is 0 Å². The summed E-state index contributed by atoms with van der Waals surface area (Å²) in [6.45, 7) is 8.38. The molecule has 0 aromatic heterocycles. The zero-order chi connectivity index (χ0) is 18.4. The van der Waals surface area contributed by atoms with Gasteiger partial charge in [-0.25, -0.2) is 0 Å². The molecule has 0 radical (unpaired) electrons. The van der Waals surface area contributed by atoms with E-state index < -0.39 is 0 Å². The summed E-state index contributed by atoms with van der Waals surface area (Å²) in [4.78, 5) is 0. The Bertz CT molecular complexity index is 682. The molecule has 146 valence electrons. The summed E-state index contributed by atoms with van der Waals surface area (Å²) in [6, 6.07) is 18.1. The fourth-order valence-corrected chi connectivity index (χ4v) is 4.36. The third kappa shape index (κ3) is 5.83. The summed E-state index contributed by atoms with van der Waals surface area (Å²) >= 11 is 0. The Morgan fingerprint density at radius 1 is 0.852 bits per heavy atom. The predicted molar refractivity (Wildman–Crippen MR) is 122 cm³/mol. The van der Waals surface area contributed by atoms with Gasteiger partial charge in [-0.2, -0.15) is 0 Å². The highest BCUT2D eigenvalue weighted by Crippen LogP contribution is 2.38. The number of hydrogen-bond donors (Lipinski definition) is 0. The van der Waals surface area contributed by atoms with Crippen LogP contribution in [0.2, 0.25) is 0 Å². The van der Waals surface area contributed by atoms with Crippen molar-refractivity contribution >= 4 is 5.57 Å². The number of hydrogen-bond acceptors (Lipinski definition) is 0. The van der Waals surface area contributed by atoms with E-state index in [1.54, 1.807) is 5.56 Å². The van der Waals surface area contributed by atoms with E-state index in [1.807, 2.05) is 0 Å².